The van der Waals surface area contributed by atoms with E-state index in [2.05, 4.69) is 0 Å². The summed E-state index contributed by atoms with van der Waals surface area (Å²) in [5.74, 6) is 0. The predicted molar refractivity (Wildman–Crippen MR) is 60.5 cm³/mol. The third kappa shape index (κ3) is 2.35. The van der Waals surface area contributed by atoms with Crippen molar-refractivity contribution in [3.8, 4) is 0 Å². The molecule has 2 aliphatic rings. The number of nitro groups is 1. The van der Waals surface area contributed by atoms with Gasteiger partial charge in [0.2, 0.25) is 0 Å². The van der Waals surface area contributed by atoms with Crippen LogP contribution in [0.1, 0.15) is 32.1 Å². The summed E-state index contributed by atoms with van der Waals surface area (Å²) >= 11 is 0. The van der Waals surface area contributed by atoms with Crippen molar-refractivity contribution in [2.24, 2.45) is 0 Å². The van der Waals surface area contributed by atoms with Gasteiger partial charge >= 0.3 is 0 Å². The van der Waals surface area contributed by atoms with E-state index in [4.69, 9.17) is 9.47 Å². The van der Waals surface area contributed by atoms with Crippen LogP contribution in [0.4, 0.5) is 0 Å². The lowest BCUT2D eigenvalue weighted by atomic mass is 9.75. The van der Waals surface area contributed by atoms with Gasteiger partial charge in [-0.05, 0) is 25.7 Å². The van der Waals surface area contributed by atoms with Gasteiger partial charge in [-0.2, -0.15) is 0 Å². The number of aliphatic hydroxyl groups excluding tert-OH is 2. The van der Waals surface area contributed by atoms with Gasteiger partial charge in [-0.15, -0.1) is 0 Å². The van der Waals surface area contributed by atoms with Crippen LogP contribution in [0.15, 0.2) is 0 Å². The van der Waals surface area contributed by atoms with Gasteiger partial charge in [-0.3, -0.25) is 10.1 Å². The lowest BCUT2D eigenvalue weighted by Gasteiger charge is -2.39. The van der Waals surface area contributed by atoms with Crippen LogP contribution in [0.25, 0.3) is 0 Å². The van der Waals surface area contributed by atoms with Gasteiger partial charge in [-0.25, -0.2) is 0 Å². The first kappa shape index (κ1) is 13.7. The quantitative estimate of drug-likeness (QED) is 0.550. The fraction of sp³-hybridized carbons (Fsp3) is 1.00. The summed E-state index contributed by atoms with van der Waals surface area (Å²) in [6.45, 7) is 0.981. The first-order valence-corrected chi connectivity index (χ1v) is 6.31. The molecule has 3 atom stereocenters. The van der Waals surface area contributed by atoms with Crippen LogP contribution in [0.2, 0.25) is 0 Å². The van der Waals surface area contributed by atoms with E-state index in [9.17, 15) is 20.3 Å². The Balaban J connectivity index is 2.16. The molecular formula is C11H19NO6. The summed E-state index contributed by atoms with van der Waals surface area (Å²) in [7, 11) is 0. The van der Waals surface area contributed by atoms with Gasteiger partial charge in [0.25, 0.3) is 5.54 Å². The molecule has 1 aliphatic heterocycles. The predicted octanol–water partition coefficient (Wildman–Crippen LogP) is 0.0607. The lowest BCUT2D eigenvalue weighted by Crippen LogP contribution is -2.62. The molecule has 0 bridgehead atoms. The van der Waals surface area contributed by atoms with E-state index in [1.165, 1.54) is 0 Å². The summed E-state index contributed by atoms with van der Waals surface area (Å²) < 4.78 is 10.6. The molecule has 1 aliphatic carbocycles. The number of hydrogen-bond donors (Lipinski definition) is 2. The molecule has 0 aromatic heterocycles. The second-order valence-electron chi connectivity index (χ2n) is 4.94. The first-order valence-electron chi connectivity index (χ1n) is 6.31. The fourth-order valence-electron chi connectivity index (χ4n) is 2.74. The maximum absolute atomic E-state index is 11.3. The van der Waals surface area contributed by atoms with E-state index in [1.54, 1.807) is 0 Å². The Morgan fingerprint density at radius 3 is 2.22 bits per heavy atom. The molecule has 0 aromatic carbocycles. The van der Waals surface area contributed by atoms with Gasteiger partial charge in [0.15, 0.2) is 6.29 Å². The molecule has 1 saturated carbocycles. The van der Waals surface area contributed by atoms with Crippen molar-refractivity contribution in [2.75, 3.05) is 13.2 Å². The summed E-state index contributed by atoms with van der Waals surface area (Å²) in [6, 6.07) is 0. The number of aliphatic hydroxyl groups is 2. The number of ether oxygens (including phenoxy) is 2. The van der Waals surface area contributed by atoms with E-state index in [0.717, 1.165) is 6.42 Å². The minimum atomic E-state index is -1.76. The van der Waals surface area contributed by atoms with Crippen LogP contribution in [0.5, 0.6) is 0 Å². The third-order valence-electron chi connectivity index (χ3n) is 3.84. The number of nitrogens with zero attached hydrogens (tertiary/aromatic N) is 1. The fourth-order valence-corrected chi connectivity index (χ4v) is 2.74. The van der Waals surface area contributed by atoms with Gasteiger partial charge in [0.05, 0.1) is 19.6 Å². The zero-order valence-corrected chi connectivity index (χ0v) is 10.2. The van der Waals surface area contributed by atoms with Crippen LogP contribution in [-0.4, -0.2) is 52.4 Å². The Labute approximate surface area is 105 Å². The summed E-state index contributed by atoms with van der Waals surface area (Å²) in [6.07, 6.45) is -1.16. The maximum atomic E-state index is 11.3. The average molecular weight is 261 g/mol. The van der Waals surface area contributed by atoms with Crippen molar-refractivity contribution < 1.29 is 24.6 Å². The van der Waals surface area contributed by atoms with Gasteiger partial charge < -0.3 is 19.7 Å². The molecule has 0 radical (unpaired) electrons. The van der Waals surface area contributed by atoms with Gasteiger partial charge in [0.1, 0.15) is 12.2 Å². The van der Waals surface area contributed by atoms with Crippen molar-refractivity contribution >= 4 is 0 Å². The van der Waals surface area contributed by atoms with Crippen LogP contribution in [0.3, 0.4) is 0 Å². The van der Waals surface area contributed by atoms with Crippen molar-refractivity contribution in [3.63, 3.8) is 0 Å². The molecule has 1 saturated heterocycles. The topological polar surface area (TPSA) is 102 Å². The zero-order valence-electron chi connectivity index (χ0n) is 10.2. The van der Waals surface area contributed by atoms with E-state index < -0.39 is 29.0 Å². The highest BCUT2D eigenvalue weighted by Crippen LogP contribution is 2.36. The molecule has 0 aromatic rings. The molecule has 1 heterocycles. The van der Waals surface area contributed by atoms with Crippen molar-refractivity contribution in [1.82, 2.24) is 0 Å². The van der Waals surface area contributed by atoms with Crippen molar-refractivity contribution in [3.05, 3.63) is 10.1 Å². The highest BCUT2D eigenvalue weighted by molar-refractivity contribution is 4.98. The van der Waals surface area contributed by atoms with Crippen molar-refractivity contribution in [1.29, 1.82) is 0 Å². The zero-order chi connectivity index (χ0) is 13.2. The largest absolute Gasteiger partial charge is 0.386 e. The summed E-state index contributed by atoms with van der Waals surface area (Å²) in [4.78, 5) is 10.8. The minimum absolute atomic E-state index is 0.109. The molecule has 1 unspecified atom stereocenters. The molecule has 18 heavy (non-hydrogen) atoms. The molecule has 7 nitrogen and oxygen atoms in total. The molecule has 7 heteroatoms. The minimum Gasteiger partial charge on any atom is -0.386 e. The maximum Gasteiger partial charge on any atom is 0.277 e. The molecular weight excluding hydrogens is 242 g/mol. The SMILES string of the molecule is O=[N+]([O-])C1(CC2OCCCO2)[C@H](O)CCC[C@@H]1O. The monoisotopic (exact) mass is 261 g/mol. The Bertz CT molecular complexity index is 294. The standard InChI is InChI=1S/C11H19NO6/c13-8-3-1-4-9(14)11(8,12(15)16)7-10-17-5-2-6-18-10/h8-10,13-14H,1-7H2/t8-,9+,11?. The average Bonchev–Trinajstić information content (AvgIpc) is 2.35. The van der Waals surface area contributed by atoms with Gasteiger partial charge in [-0.1, -0.05) is 0 Å². The highest BCUT2D eigenvalue weighted by atomic mass is 16.7. The second-order valence-corrected chi connectivity index (χ2v) is 4.94. The molecule has 0 amide bonds. The van der Waals surface area contributed by atoms with E-state index in [-0.39, 0.29) is 6.42 Å². The van der Waals surface area contributed by atoms with E-state index >= 15 is 0 Å². The number of rotatable bonds is 3. The van der Waals surface area contributed by atoms with Gasteiger partial charge in [0, 0.05) is 4.92 Å². The highest BCUT2D eigenvalue weighted by Gasteiger charge is 2.59. The van der Waals surface area contributed by atoms with E-state index in [1.807, 2.05) is 0 Å². The lowest BCUT2D eigenvalue weighted by molar-refractivity contribution is -0.604. The number of hydrogen-bond acceptors (Lipinski definition) is 6. The Kier molecular flexibility index (Phi) is 4.16. The summed E-state index contributed by atoms with van der Waals surface area (Å²) in [5, 5.41) is 31.3. The van der Waals surface area contributed by atoms with Crippen LogP contribution >= 0.6 is 0 Å². The van der Waals surface area contributed by atoms with E-state index in [0.29, 0.717) is 32.5 Å². The normalized spacial score (nSPS) is 38.6. The Morgan fingerprint density at radius 2 is 1.72 bits per heavy atom. The van der Waals surface area contributed by atoms with Crippen LogP contribution in [-0.2, 0) is 9.47 Å². The summed E-state index contributed by atoms with van der Waals surface area (Å²) in [5.41, 5.74) is -1.76. The molecule has 0 spiro atoms. The molecule has 2 fully saturated rings. The molecule has 2 N–H and O–H groups in total. The molecule has 2 rings (SSSR count). The van der Waals surface area contributed by atoms with Crippen molar-refractivity contribution in [2.45, 2.75) is 56.1 Å². The first-order chi connectivity index (χ1) is 8.57. The Hall–Kier alpha value is -0.760. The van der Waals surface area contributed by atoms with Crippen LogP contribution in [0, 0.1) is 10.1 Å². The third-order valence-corrected chi connectivity index (χ3v) is 3.84. The second kappa shape index (κ2) is 5.48. The Morgan fingerprint density at radius 1 is 1.17 bits per heavy atom. The molecule has 104 valence electrons. The smallest absolute Gasteiger partial charge is 0.277 e. The van der Waals surface area contributed by atoms with Crippen LogP contribution < -0.4 is 0 Å².